The fraction of sp³-hybridized carbons (Fsp3) is 0.467. The second-order valence-corrected chi connectivity index (χ2v) is 5.53. The molecule has 1 aliphatic heterocycles. The molecule has 0 atom stereocenters. The van der Waals surface area contributed by atoms with Gasteiger partial charge in [-0.3, -0.25) is 0 Å². The smallest absolute Gasteiger partial charge is 0.229 e. The van der Waals surface area contributed by atoms with E-state index in [1.54, 1.807) is 0 Å². The predicted octanol–water partition coefficient (Wildman–Crippen LogP) is 2.70. The molecule has 112 valence electrons. The van der Waals surface area contributed by atoms with Crippen molar-refractivity contribution >= 4 is 11.6 Å². The predicted molar refractivity (Wildman–Crippen MR) is 80.3 cm³/mol. The summed E-state index contributed by atoms with van der Waals surface area (Å²) in [7, 11) is 0. The summed E-state index contributed by atoms with van der Waals surface area (Å²) in [6.45, 7) is 2.68. The molecule has 0 aliphatic carbocycles. The average molecular weight is 308 g/mol. The Morgan fingerprint density at radius 3 is 3.00 bits per heavy atom. The number of ether oxygens (including phenoxy) is 1. The van der Waals surface area contributed by atoms with Crippen LogP contribution < -0.4 is 5.32 Å². The normalized spacial score (nSPS) is 16.2. The molecule has 1 N–H and O–H groups in total. The summed E-state index contributed by atoms with van der Waals surface area (Å²) in [4.78, 5) is 4.38. The molecule has 2 heterocycles. The number of piperidine rings is 1. The summed E-state index contributed by atoms with van der Waals surface area (Å²) in [5.74, 6) is 1.16. The Morgan fingerprint density at radius 1 is 1.33 bits per heavy atom. The molecule has 0 amide bonds. The Labute approximate surface area is 128 Å². The maximum absolute atomic E-state index is 5.96. The third-order valence-electron chi connectivity index (χ3n) is 3.51. The van der Waals surface area contributed by atoms with E-state index in [2.05, 4.69) is 15.5 Å². The second kappa shape index (κ2) is 7.02. The topological polar surface area (TPSA) is 60.2 Å². The molecule has 1 fully saturated rings. The molecule has 6 heteroatoms. The summed E-state index contributed by atoms with van der Waals surface area (Å²) in [6.07, 6.45) is 3.12. The van der Waals surface area contributed by atoms with E-state index < -0.39 is 0 Å². The first kappa shape index (κ1) is 14.5. The number of hydrogen-bond donors (Lipinski definition) is 1. The van der Waals surface area contributed by atoms with Crippen LogP contribution in [-0.2, 0) is 11.2 Å². The van der Waals surface area contributed by atoms with E-state index in [0.29, 0.717) is 35.9 Å². The molecule has 2 aromatic rings. The van der Waals surface area contributed by atoms with Crippen LogP contribution in [0.1, 0.15) is 18.7 Å². The van der Waals surface area contributed by atoms with Gasteiger partial charge in [-0.25, -0.2) is 0 Å². The molecule has 0 saturated carbocycles. The molecule has 21 heavy (non-hydrogen) atoms. The molecule has 3 rings (SSSR count). The first-order valence-corrected chi connectivity index (χ1v) is 7.60. The lowest BCUT2D eigenvalue weighted by molar-refractivity contribution is 0.0322. The molecule has 0 radical (unpaired) electrons. The SMILES string of the molecule is Clc1cccc(-c2noc(CCOC3CCNCC3)n2)c1. The summed E-state index contributed by atoms with van der Waals surface area (Å²) in [5.41, 5.74) is 0.858. The molecule has 1 aliphatic rings. The Bertz CT molecular complexity index is 582. The number of nitrogens with zero attached hydrogens (tertiary/aromatic N) is 2. The van der Waals surface area contributed by atoms with Gasteiger partial charge in [0.1, 0.15) is 0 Å². The van der Waals surface area contributed by atoms with E-state index in [1.807, 2.05) is 24.3 Å². The van der Waals surface area contributed by atoms with Crippen LogP contribution in [0.2, 0.25) is 5.02 Å². The standard InChI is InChI=1S/C15H18ClN3O2/c16-12-3-1-2-11(10-12)15-18-14(21-19-15)6-9-20-13-4-7-17-8-5-13/h1-3,10,13,17H,4-9H2. The van der Waals surface area contributed by atoms with Gasteiger partial charge >= 0.3 is 0 Å². The van der Waals surface area contributed by atoms with Gasteiger partial charge in [-0.2, -0.15) is 4.98 Å². The van der Waals surface area contributed by atoms with Crippen molar-refractivity contribution in [2.45, 2.75) is 25.4 Å². The molecule has 5 nitrogen and oxygen atoms in total. The Morgan fingerprint density at radius 2 is 2.19 bits per heavy atom. The van der Waals surface area contributed by atoms with E-state index in [-0.39, 0.29) is 0 Å². The number of nitrogens with one attached hydrogen (secondary N) is 1. The minimum absolute atomic E-state index is 0.349. The summed E-state index contributed by atoms with van der Waals surface area (Å²) in [6, 6.07) is 7.42. The van der Waals surface area contributed by atoms with Crippen molar-refractivity contribution in [3.8, 4) is 11.4 Å². The quantitative estimate of drug-likeness (QED) is 0.920. The summed E-state index contributed by atoms with van der Waals surface area (Å²) in [5, 5.41) is 7.96. The van der Waals surface area contributed by atoms with Crippen LogP contribution in [0.4, 0.5) is 0 Å². The molecular weight excluding hydrogens is 290 g/mol. The van der Waals surface area contributed by atoms with Gasteiger partial charge in [0.2, 0.25) is 11.7 Å². The van der Waals surface area contributed by atoms with Crippen molar-refractivity contribution in [3.05, 3.63) is 35.2 Å². The zero-order chi connectivity index (χ0) is 14.5. The maximum atomic E-state index is 5.96. The zero-order valence-corrected chi connectivity index (χ0v) is 12.5. The highest BCUT2D eigenvalue weighted by atomic mass is 35.5. The van der Waals surface area contributed by atoms with Crippen LogP contribution in [0.5, 0.6) is 0 Å². The number of halogens is 1. The summed E-state index contributed by atoms with van der Waals surface area (Å²) < 4.78 is 11.1. The first-order valence-electron chi connectivity index (χ1n) is 7.22. The van der Waals surface area contributed by atoms with Crippen LogP contribution in [-0.4, -0.2) is 35.9 Å². The van der Waals surface area contributed by atoms with Crippen LogP contribution in [0.15, 0.2) is 28.8 Å². The van der Waals surface area contributed by atoms with Crippen LogP contribution in [0, 0.1) is 0 Å². The fourth-order valence-corrected chi connectivity index (χ4v) is 2.57. The minimum atomic E-state index is 0.349. The Hall–Kier alpha value is -1.43. The van der Waals surface area contributed by atoms with Gasteiger partial charge in [-0.15, -0.1) is 0 Å². The highest BCUT2D eigenvalue weighted by Gasteiger charge is 2.14. The number of benzene rings is 1. The second-order valence-electron chi connectivity index (χ2n) is 5.09. The van der Waals surface area contributed by atoms with Crippen molar-refractivity contribution < 1.29 is 9.26 Å². The average Bonchev–Trinajstić information content (AvgIpc) is 2.97. The minimum Gasteiger partial charge on any atom is -0.378 e. The molecule has 0 spiro atoms. The molecule has 1 aromatic heterocycles. The van der Waals surface area contributed by atoms with Gasteiger partial charge in [-0.05, 0) is 38.1 Å². The fourth-order valence-electron chi connectivity index (χ4n) is 2.38. The van der Waals surface area contributed by atoms with Gasteiger partial charge in [0.05, 0.1) is 19.1 Å². The van der Waals surface area contributed by atoms with Gasteiger partial charge in [-0.1, -0.05) is 28.9 Å². The molecule has 1 saturated heterocycles. The molecule has 1 aromatic carbocycles. The van der Waals surface area contributed by atoms with Gasteiger partial charge in [0, 0.05) is 10.6 Å². The molecular formula is C15H18ClN3O2. The maximum Gasteiger partial charge on any atom is 0.229 e. The third kappa shape index (κ3) is 4.03. The van der Waals surface area contributed by atoms with Crippen molar-refractivity contribution in [2.75, 3.05) is 19.7 Å². The lowest BCUT2D eigenvalue weighted by atomic mass is 10.1. The van der Waals surface area contributed by atoms with Gasteiger partial charge < -0.3 is 14.6 Å². The van der Waals surface area contributed by atoms with E-state index in [1.165, 1.54) is 0 Å². The Kier molecular flexibility index (Phi) is 4.85. The van der Waals surface area contributed by atoms with Gasteiger partial charge in [0.15, 0.2) is 0 Å². The van der Waals surface area contributed by atoms with Crippen molar-refractivity contribution in [1.29, 1.82) is 0 Å². The lowest BCUT2D eigenvalue weighted by Crippen LogP contribution is -2.32. The largest absolute Gasteiger partial charge is 0.378 e. The zero-order valence-electron chi connectivity index (χ0n) is 11.7. The molecule has 0 unspecified atom stereocenters. The van der Waals surface area contributed by atoms with Crippen molar-refractivity contribution in [2.24, 2.45) is 0 Å². The van der Waals surface area contributed by atoms with E-state index in [4.69, 9.17) is 20.9 Å². The summed E-state index contributed by atoms with van der Waals surface area (Å²) >= 11 is 5.96. The van der Waals surface area contributed by atoms with E-state index >= 15 is 0 Å². The Balaban J connectivity index is 1.53. The van der Waals surface area contributed by atoms with Crippen LogP contribution >= 0.6 is 11.6 Å². The number of rotatable bonds is 5. The molecule has 0 bridgehead atoms. The highest BCUT2D eigenvalue weighted by molar-refractivity contribution is 6.30. The van der Waals surface area contributed by atoms with Crippen molar-refractivity contribution in [1.82, 2.24) is 15.5 Å². The van der Waals surface area contributed by atoms with Crippen molar-refractivity contribution in [3.63, 3.8) is 0 Å². The lowest BCUT2D eigenvalue weighted by Gasteiger charge is -2.22. The van der Waals surface area contributed by atoms with E-state index in [9.17, 15) is 0 Å². The first-order chi connectivity index (χ1) is 10.3. The van der Waals surface area contributed by atoms with Crippen LogP contribution in [0.25, 0.3) is 11.4 Å². The monoisotopic (exact) mass is 307 g/mol. The third-order valence-corrected chi connectivity index (χ3v) is 3.74. The van der Waals surface area contributed by atoms with Gasteiger partial charge in [0.25, 0.3) is 0 Å². The number of hydrogen-bond acceptors (Lipinski definition) is 5. The van der Waals surface area contributed by atoms with E-state index in [0.717, 1.165) is 31.5 Å². The number of aromatic nitrogens is 2. The highest BCUT2D eigenvalue weighted by Crippen LogP contribution is 2.20. The van der Waals surface area contributed by atoms with Crippen LogP contribution in [0.3, 0.4) is 0 Å².